The van der Waals surface area contributed by atoms with E-state index in [4.69, 9.17) is 9.47 Å². The topological polar surface area (TPSA) is 95.7 Å². The molecule has 0 amide bonds. The molecule has 16 heavy (non-hydrogen) atoms. The highest BCUT2D eigenvalue weighted by Gasteiger charge is 2.46. The Bertz CT molecular complexity index is 424. The number of sulfone groups is 1. The minimum atomic E-state index is -3.52. The molecule has 0 fully saturated rings. The summed E-state index contributed by atoms with van der Waals surface area (Å²) in [5.74, 6) is 0. The number of nitrogens with zero attached hydrogens (tertiary/aromatic N) is 1. The van der Waals surface area contributed by atoms with Gasteiger partial charge in [-0.2, -0.15) is 11.8 Å². The molecule has 0 aromatic heterocycles. The van der Waals surface area contributed by atoms with E-state index in [0.29, 0.717) is 11.8 Å². The molecule has 7 nitrogen and oxygen atoms in total. The van der Waals surface area contributed by atoms with Crippen LogP contribution in [0.4, 0.5) is 0 Å². The Hall–Kier alpha value is -0.770. The Labute approximate surface area is 96.9 Å². The van der Waals surface area contributed by atoms with Crippen LogP contribution in [0.15, 0.2) is 10.3 Å². The van der Waals surface area contributed by atoms with Crippen molar-refractivity contribution in [3.63, 3.8) is 0 Å². The summed E-state index contributed by atoms with van der Waals surface area (Å²) >= 11 is 0.651. The summed E-state index contributed by atoms with van der Waals surface area (Å²) in [6.45, 7) is 0. The first-order chi connectivity index (χ1) is 7.27. The Balaban J connectivity index is 3.18. The van der Waals surface area contributed by atoms with Crippen molar-refractivity contribution in [2.45, 2.75) is 5.12 Å². The molecule has 1 aliphatic heterocycles. The molecule has 0 radical (unpaired) electrons. The average Bonchev–Trinajstić information content (AvgIpc) is 2.57. The van der Waals surface area contributed by atoms with E-state index in [2.05, 4.69) is 0 Å². The first-order valence-corrected chi connectivity index (χ1v) is 6.70. The van der Waals surface area contributed by atoms with Crippen molar-refractivity contribution >= 4 is 21.6 Å². The fourth-order valence-corrected chi connectivity index (χ4v) is 3.24. The molecular weight excluding hydrogens is 258 g/mol. The van der Waals surface area contributed by atoms with Crippen molar-refractivity contribution in [1.29, 1.82) is 0 Å². The van der Waals surface area contributed by atoms with E-state index in [0.717, 1.165) is 12.3 Å². The summed E-state index contributed by atoms with van der Waals surface area (Å²) in [6, 6.07) is -0.442. The molecule has 0 unspecified atom stereocenters. The summed E-state index contributed by atoms with van der Waals surface area (Å²) in [6.07, 6.45) is 1.91. The maximum Gasteiger partial charge on any atom is 0.227 e. The summed E-state index contributed by atoms with van der Waals surface area (Å²) in [7, 11) is -1.11. The van der Waals surface area contributed by atoms with Crippen LogP contribution >= 0.6 is 11.8 Å². The maximum atomic E-state index is 11.3. The first kappa shape index (κ1) is 13.3. The third kappa shape index (κ3) is 2.17. The molecule has 0 N–H and O–H groups in total. The monoisotopic (exact) mass is 268 g/mol. The van der Waals surface area contributed by atoms with E-state index in [-0.39, 0.29) is 4.24 Å². The molecule has 92 valence electrons. The van der Waals surface area contributed by atoms with Crippen LogP contribution in [0.5, 0.6) is 0 Å². The maximum absolute atomic E-state index is 11.3. The molecule has 0 bridgehead atoms. The molecule has 0 saturated heterocycles. The van der Waals surface area contributed by atoms with Gasteiger partial charge in [0.25, 0.3) is 0 Å². The number of nitro groups is 1. The lowest BCUT2D eigenvalue weighted by Gasteiger charge is -2.31. The van der Waals surface area contributed by atoms with E-state index in [1.54, 1.807) is 0 Å². The van der Waals surface area contributed by atoms with Crippen molar-refractivity contribution in [3.8, 4) is 0 Å². The van der Waals surface area contributed by atoms with Gasteiger partial charge in [0, 0.05) is 20.5 Å². The van der Waals surface area contributed by atoms with Crippen LogP contribution in [-0.2, 0) is 19.3 Å². The zero-order valence-corrected chi connectivity index (χ0v) is 10.4. The number of rotatable bonds is 4. The van der Waals surface area contributed by atoms with Gasteiger partial charge in [0.15, 0.2) is 6.04 Å². The van der Waals surface area contributed by atoms with Crippen LogP contribution in [0.25, 0.3) is 0 Å². The fourth-order valence-electron chi connectivity index (χ4n) is 1.14. The van der Waals surface area contributed by atoms with Gasteiger partial charge in [-0.15, -0.1) is 6.08 Å². The van der Waals surface area contributed by atoms with Crippen LogP contribution in [0.2, 0.25) is 0 Å². The third-order valence-corrected chi connectivity index (χ3v) is 5.04. The Morgan fingerprint density at radius 3 is 2.25 bits per heavy atom. The molecule has 0 saturated carbocycles. The van der Waals surface area contributed by atoms with Crippen LogP contribution in [0.1, 0.15) is 0 Å². The van der Waals surface area contributed by atoms with Gasteiger partial charge in [-0.1, -0.05) is 0 Å². The van der Waals surface area contributed by atoms with Gasteiger partial charge in [0.2, 0.25) is 5.12 Å². The van der Waals surface area contributed by atoms with Gasteiger partial charge in [-0.25, -0.2) is 8.42 Å². The predicted molar refractivity (Wildman–Crippen MR) is 57.5 cm³/mol. The molecule has 1 aliphatic rings. The summed E-state index contributed by atoms with van der Waals surface area (Å²) in [5, 5.41) is 9.07. The lowest BCUT2D eigenvalue weighted by atomic mass is 10.3. The van der Waals surface area contributed by atoms with Crippen molar-refractivity contribution in [2.75, 3.05) is 20.5 Å². The average molecular weight is 268 g/mol. The predicted octanol–water partition coefficient (Wildman–Crippen LogP) is 0.374. The second kappa shape index (κ2) is 4.24. The number of ether oxygens (including phenoxy) is 2. The van der Waals surface area contributed by atoms with E-state index in [9.17, 15) is 18.5 Å². The summed E-state index contributed by atoms with van der Waals surface area (Å²) in [4.78, 5) is 10.0. The van der Waals surface area contributed by atoms with Crippen LogP contribution < -0.4 is 0 Å². The highest BCUT2D eigenvalue weighted by Crippen LogP contribution is 2.50. The molecule has 1 rings (SSSR count). The summed E-state index contributed by atoms with van der Waals surface area (Å²) in [5.41, 5.74) is 0. The summed E-state index contributed by atoms with van der Waals surface area (Å²) < 4.78 is 32.2. The van der Waals surface area contributed by atoms with Crippen molar-refractivity contribution in [3.05, 3.63) is 26.5 Å². The molecule has 1 heterocycles. The molecule has 0 spiro atoms. The standard InChI is InChI=1S/C7H10NO6S2/c1-13-7(14-2)5(8(9)10)4-6(15-7)16(3,11)12/h4H,1-3H3/q-1. The van der Waals surface area contributed by atoms with Crippen LogP contribution in [-0.4, -0.2) is 38.9 Å². The van der Waals surface area contributed by atoms with Crippen molar-refractivity contribution < 1.29 is 22.8 Å². The number of hydrogen-bond acceptors (Lipinski definition) is 7. The highest BCUT2D eigenvalue weighted by atomic mass is 32.3. The second-order valence-electron chi connectivity index (χ2n) is 2.94. The number of hydrogen-bond donors (Lipinski definition) is 0. The van der Waals surface area contributed by atoms with E-state index >= 15 is 0 Å². The molecule has 0 aromatic rings. The van der Waals surface area contributed by atoms with Gasteiger partial charge in [0.05, 0.1) is 0 Å². The number of methoxy groups -OCH3 is 2. The molecule has 0 atom stereocenters. The van der Waals surface area contributed by atoms with Gasteiger partial charge in [-0.3, -0.25) is 10.1 Å². The zero-order valence-electron chi connectivity index (χ0n) is 8.79. The Morgan fingerprint density at radius 1 is 1.50 bits per heavy atom. The molecule has 0 aromatic carbocycles. The Kier molecular flexibility index (Phi) is 3.53. The molecule has 0 aliphatic carbocycles. The van der Waals surface area contributed by atoms with Gasteiger partial charge >= 0.3 is 0 Å². The lowest BCUT2D eigenvalue weighted by molar-refractivity contribution is -0.484. The van der Waals surface area contributed by atoms with E-state index in [1.807, 2.05) is 0 Å². The Morgan fingerprint density at radius 2 is 2.00 bits per heavy atom. The van der Waals surface area contributed by atoms with E-state index in [1.165, 1.54) is 14.2 Å². The van der Waals surface area contributed by atoms with Gasteiger partial charge in [0.1, 0.15) is 9.84 Å². The molecule has 9 heteroatoms. The molecular formula is C7H10NO6S2-. The van der Waals surface area contributed by atoms with Crippen LogP contribution in [0, 0.1) is 16.2 Å². The van der Waals surface area contributed by atoms with Crippen molar-refractivity contribution in [2.24, 2.45) is 0 Å². The van der Waals surface area contributed by atoms with E-state index < -0.39 is 25.9 Å². The van der Waals surface area contributed by atoms with Gasteiger partial charge in [-0.05, 0) is 9.16 Å². The van der Waals surface area contributed by atoms with Crippen molar-refractivity contribution in [1.82, 2.24) is 0 Å². The quantitative estimate of drug-likeness (QED) is 0.314. The third-order valence-electron chi connectivity index (χ3n) is 1.90. The minimum Gasteiger partial charge on any atom is -0.351 e. The zero-order chi connectivity index (χ0) is 12.6. The smallest absolute Gasteiger partial charge is 0.227 e. The lowest BCUT2D eigenvalue weighted by Crippen LogP contribution is -2.37. The number of thioether (sulfide) groups is 1. The normalized spacial score (nSPS) is 19.7. The highest BCUT2D eigenvalue weighted by molar-refractivity contribution is 8.19. The first-order valence-electron chi connectivity index (χ1n) is 3.99. The second-order valence-corrected chi connectivity index (χ2v) is 6.37. The van der Waals surface area contributed by atoms with Crippen LogP contribution in [0.3, 0.4) is 0 Å². The largest absolute Gasteiger partial charge is 0.351 e. The fraction of sp³-hybridized carbons (Fsp3) is 0.571. The minimum absolute atomic E-state index is 0.150. The SMILES string of the molecule is COC1(OC)SC(S(C)(=O)=O)=C[C-]1[N+](=O)[O-]. The van der Waals surface area contributed by atoms with Gasteiger partial charge < -0.3 is 9.47 Å².